The summed E-state index contributed by atoms with van der Waals surface area (Å²) >= 11 is 0. The van der Waals surface area contributed by atoms with Gasteiger partial charge >= 0.3 is 5.97 Å². The fraction of sp³-hybridized carbons (Fsp3) is 0.333. The summed E-state index contributed by atoms with van der Waals surface area (Å²) in [5.74, 6) is -3.97. The molecule has 2 heterocycles. The van der Waals surface area contributed by atoms with Gasteiger partial charge in [-0.1, -0.05) is 18.2 Å². The largest absolute Gasteiger partial charge is 0.481 e. The van der Waals surface area contributed by atoms with Gasteiger partial charge in [-0.15, -0.1) is 0 Å². The first kappa shape index (κ1) is 13.8. The van der Waals surface area contributed by atoms with Gasteiger partial charge in [-0.2, -0.15) is 0 Å². The van der Waals surface area contributed by atoms with Crippen molar-refractivity contribution in [3.05, 3.63) is 41.7 Å². The van der Waals surface area contributed by atoms with E-state index in [1.807, 2.05) is 0 Å². The van der Waals surface area contributed by atoms with E-state index >= 15 is 0 Å². The number of fused-ring (bicyclic) bond motifs is 2. The van der Waals surface area contributed by atoms with Gasteiger partial charge in [-0.05, 0) is 24.6 Å². The van der Waals surface area contributed by atoms with E-state index in [1.54, 1.807) is 25.1 Å². The molecule has 0 spiro atoms. The fourth-order valence-corrected chi connectivity index (χ4v) is 2.87. The van der Waals surface area contributed by atoms with E-state index in [9.17, 15) is 19.1 Å². The van der Waals surface area contributed by atoms with Crippen LogP contribution >= 0.6 is 0 Å². The molecule has 2 N–H and O–H groups in total. The third-order valence-corrected chi connectivity index (χ3v) is 3.87. The number of aliphatic carboxylic acids is 1. The Kier molecular flexibility index (Phi) is 3.25. The fourth-order valence-electron chi connectivity index (χ4n) is 2.87. The van der Waals surface area contributed by atoms with Crippen molar-refractivity contribution in [3.8, 4) is 0 Å². The number of ether oxygens (including phenoxy) is 1. The molecule has 1 saturated heterocycles. The Morgan fingerprint density at radius 3 is 2.57 bits per heavy atom. The van der Waals surface area contributed by atoms with Gasteiger partial charge in [0, 0.05) is 0 Å². The number of anilines is 1. The minimum atomic E-state index is -1.09. The summed E-state index contributed by atoms with van der Waals surface area (Å²) < 4.78 is 19.1. The van der Waals surface area contributed by atoms with E-state index in [0.717, 1.165) is 5.56 Å². The van der Waals surface area contributed by atoms with Gasteiger partial charge in [-0.25, -0.2) is 4.39 Å². The molecule has 1 fully saturated rings. The number of hydrogen-bond acceptors (Lipinski definition) is 3. The molecule has 110 valence electrons. The quantitative estimate of drug-likeness (QED) is 0.832. The first-order chi connectivity index (χ1) is 9.97. The third kappa shape index (κ3) is 2.31. The maximum Gasteiger partial charge on any atom is 0.310 e. The zero-order valence-corrected chi connectivity index (χ0v) is 11.2. The number of carboxylic acid groups (broad SMARTS) is 1. The molecule has 1 aromatic rings. The molecule has 2 aliphatic heterocycles. The molecule has 2 bridgehead atoms. The predicted octanol–water partition coefficient (Wildman–Crippen LogP) is 1.73. The lowest BCUT2D eigenvalue weighted by Crippen LogP contribution is -2.39. The summed E-state index contributed by atoms with van der Waals surface area (Å²) in [7, 11) is 0. The predicted molar refractivity (Wildman–Crippen MR) is 72.2 cm³/mol. The summed E-state index contributed by atoms with van der Waals surface area (Å²) in [6.07, 6.45) is 2.18. The van der Waals surface area contributed by atoms with Crippen LogP contribution in [0.25, 0.3) is 0 Å². The molecule has 4 atom stereocenters. The van der Waals surface area contributed by atoms with E-state index in [1.165, 1.54) is 12.1 Å². The number of carbonyl (C=O) groups excluding carboxylic acids is 1. The summed E-state index contributed by atoms with van der Waals surface area (Å²) in [6.45, 7) is 1.78. The smallest absolute Gasteiger partial charge is 0.310 e. The van der Waals surface area contributed by atoms with Crippen LogP contribution in [-0.4, -0.2) is 29.2 Å². The van der Waals surface area contributed by atoms with Crippen LogP contribution in [0, 0.1) is 24.6 Å². The van der Waals surface area contributed by atoms with E-state index < -0.39 is 41.7 Å². The summed E-state index contributed by atoms with van der Waals surface area (Å²) in [4.78, 5) is 23.6. The number of carboxylic acids is 1. The summed E-state index contributed by atoms with van der Waals surface area (Å²) in [5, 5.41) is 11.7. The van der Waals surface area contributed by atoms with Crippen molar-refractivity contribution in [3.63, 3.8) is 0 Å². The van der Waals surface area contributed by atoms with Gasteiger partial charge in [-0.3, -0.25) is 9.59 Å². The number of nitrogens with one attached hydrogen (secondary N) is 1. The van der Waals surface area contributed by atoms with Crippen LogP contribution < -0.4 is 5.32 Å². The topological polar surface area (TPSA) is 75.6 Å². The Bertz CT molecular complexity index is 643. The van der Waals surface area contributed by atoms with Gasteiger partial charge in [0.25, 0.3) is 0 Å². The van der Waals surface area contributed by atoms with Gasteiger partial charge in [0.05, 0.1) is 23.8 Å². The highest BCUT2D eigenvalue weighted by molar-refractivity contribution is 5.96. The van der Waals surface area contributed by atoms with Crippen LogP contribution in [0.15, 0.2) is 30.4 Å². The molecule has 1 aromatic carbocycles. The first-order valence-electron chi connectivity index (χ1n) is 6.61. The molecule has 0 aliphatic carbocycles. The van der Waals surface area contributed by atoms with Crippen LogP contribution in [0.3, 0.4) is 0 Å². The molecular formula is C15H14FNO4. The highest BCUT2D eigenvalue weighted by atomic mass is 19.1. The van der Waals surface area contributed by atoms with Crippen LogP contribution in [-0.2, 0) is 14.3 Å². The van der Waals surface area contributed by atoms with Crippen molar-refractivity contribution in [2.24, 2.45) is 11.8 Å². The lowest BCUT2D eigenvalue weighted by molar-refractivity contribution is -0.145. The first-order valence-corrected chi connectivity index (χ1v) is 6.61. The van der Waals surface area contributed by atoms with Crippen molar-refractivity contribution in [2.45, 2.75) is 19.1 Å². The maximum absolute atomic E-state index is 13.7. The minimum absolute atomic E-state index is 0.0518. The normalized spacial score (nSPS) is 29.6. The van der Waals surface area contributed by atoms with Crippen molar-refractivity contribution < 1.29 is 23.8 Å². The van der Waals surface area contributed by atoms with E-state index in [-0.39, 0.29) is 5.69 Å². The lowest BCUT2D eigenvalue weighted by Gasteiger charge is -2.21. The third-order valence-electron chi connectivity index (χ3n) is 3.87. The Labute approximate surface area is 120 Å². The second kappa shape index (κ2) is 4.96. The minimum Gasteiger partial charge on any atom is -0.481 e. The van der Waals surface area contributed by atoms with Gasteiger partial charge in [0.2, 0.25) is 5.91 Å². The lowest BCUT2D eigenvalue weighted by atomic mass is 9.82. The van der Waals surface area contributed by atoms with Crippen molar-refractivity contribution >= 4 is 17.6 Å². The second-order valence-electron chi connectivity index (χ2n) is 5.31. The van der Waals surface area contributed by atoms with Crippen LogP contribution in [0.2, 0.25) is 0 Å². The van der Waals surface area contributed by atoms with E-state index in [0.29, 0.717) is 0 Å². The summed E-state index contributed by atoms with van der Waals surface area (Å²) in [6, 6.07) is 4.36. The van der Waals surface area contributed by atoms with Crippen molar-refractivity contribution in [1.29, 1.82) is 0 Å². The second-order valence-corrected chi connectivity index (χ2v) is 5.31. The molecule has 0 aromatic heterocycles. The molecule has 6 heteroatoms. The summed E-state index contributed by atoms with van der Waals surface area (Å²) in [5.41, 5.74) is 0.849. The van der Waals surface area contributed by atoms with Crippen LogP contribution in [0.4, 0.5) is 10.1 Å². The maximum atomic E-state index is 13.7. The molecular weight excluding hydrogens is 277 g/mol. The zero-order valence-electron chi connectivity index (χ0n) is 11.2. The SMILES string of the molecule is Cc1ccc(F)c(NC(=O)[C@@H]2[C@@H](C(=O)O)[C@@H]3C=C[C@H]2O3)c1. The van der Waals surface area contributed by atoms with Crippen molar-refractivity contribution in [1.82, 2.24) is 0 Å². The molecule has 0 saturated carbocycles. The molecule has 21 heavy (non-hydrogen) atoms. The number of halogens is 1. The number of aryl methyl sites for hydroxylation is 1. The molecule has 3 rings (SSSR count). The average molecular weight is 291 g/mol. The highest BCUT2D eigenvalue weighted by Gasteiger charge is 2.53. The van der Waals surface area contributed by atoms with Crippen molar-refractivity contribution in [2.75, 3.05) is 5.32 Å². The number of carbonyl (C=O) groups is 2. The van der Waals surface area contributed by atoms with Gasteiger partial charge in [0.1, 0.15) is 11.7 Å². The Morgan fingerprint density at radius 2 is 1.90 bits per heavy atom. The Balaban J connectivity index is 1.83. The van der Waals surface area contributed by atoms with Crippen LogP contribution in [0.5, 0.6) is 0 Å². The Morgan fingerprint density at radius 1 is 1.24 bits per heavy atom. The monoisotopic (exact) mass is 291 g/mol. The Hall–Kier alpha value is -2.21. The zero-order chi connectivity index (χ0) is 15.1. The van der Waals surface area contributed by atoms with Gasteiger partial charge < -0.3 is 15.2 Å². The standard InChI is InChI=1S/C15H14FNO4/c1-7-2-3-8(16)9(6-7)17-14(18)12-10-4-5-11(21-10)13(12)15(19)20/h2-6,10-13H,1H3,(H,17,18)(H,19,20)/t10-,11+,12+,13+/m1/s1. The van der Waals surface area contributed by atoms with Gasteiger partial charge in [0.15, 0.2) is 0 Å². The molecule has 5 nitrogen and oxygen atoms in total. The van der Waals surface area contributed by atoms with E-state index in [2.05, 4.69) is 5.32 Å². The number of amides is 1. The number of benzene rings is 1. The van der Waals surface area contributed by atoms with Crippen LogP contribution in [0.1, 0.15) is 5.56 Å². The molecule has 2 aliphatic rings. The average Bonchev–Trinajstić information content (AvgIpc) is 3.03. The number of hydrogen-bond donors (Lipinski definition) is 2. The highest BCUT2D eigenvalue weighted by Crippen LogP contribution is 2.40. The molecule has 1 amide bonds. The molecule has 0 unspecified atom stereocenters. The molecule has 0 radical (unpaired) electrons. The number of rotatable bonds is 3. The van der Waals surface area contributed by atoms with E-state index in [4.69, 9.17) is 4.74 Å².